The van der Waals surface area contributed by atoms with Gasteiger partial charge in [0.05, 0.1) is 0 Å². The van der Waals surface area contributed by atoms with Crippen LogP contribution in [0.3, 0.4) is 0 Å². The molecule has 2 atom stereocenters. The Labute approximate surface area is 169 Å². The quantitative estimate of drug-likeness (QED) is 0.519. The number of halogens is 2. The van der Waals surface area contributed by atoms with Gasteiger partial charge in [-0.1, -0.05) is 71.8 Å². The smallest absolute Gasteiger partial charge is 1.00 e. The molecule has 0 aromatic carbocycles. The predicted octanol–water partition coefficient (Wildman–Crippen LogP) is -0.396. The van der Waals surface area contributed by atoms with Gasteiger partial charge in [-0.25, -0.2) is 0 Å². The maximum Gasteiger partial charge on any atom is 2.00 e. The van der Waals surface area contributed by atoms with E-state index in [2.05, 4.69) is 66.8 Å². The molecule has 22 heavy (non-hydrogen) atoms. The van der Waals surface area contributed by atoms with Crippen molar-refractivity contribution < 1.29 is 51.0 Å². The van der Waals surface area contributed by atoms with Crippen molar-refractivity contribution in [1.29, 1.82) is 0 Å². The van der Waals surface area contributed by atoms with Crippen LogP contribution in [0.5, 0.6) is 0 Å². The zero-order valence-corrected chi connectivity index (χ0v) is 20.0. The molecule has 2 aliphatic carbocycles. The van der Waals surface area contributed by atoms with Gasteiger partial charge < -0.3 is 24.8 Å². The van der Waals surface area contributed by atoms with Crippen LogP contribution in [0, 0.1) is 11.8 Å². The average molecular weight is 435 g/mol. The van der Waals surface area contributed by atoms with Crippen molar-refractivity contribution in [2.75, 3.05) is 0 Å². The number of hydrogen-bond acceptors (Lipinski definition) is 0. The third-order valence-corrected chi connectivity index (χ3v) is 9.60. The summed E-state index contributed by atoms with van der Waals surface area (Å²) < 4.78 is 0. The summed E-state index contributed by atoms with van der Waals surface area (Å²) >= 11 is 0. The molecule has 122 valence electrons. The molecule has 0 spiro atoms. The van der Waals surface area contributed by atoms with Gasteiger partial charge in [0.2, 0.25) is 0 Å². The van der Waals surface area contributed by atoms with Crippen LogP contribution in [-0.4, -0.2) is 8.07 Å². The molecule has 0 aromatic rings. The molecule has 0 radical (unpaired) electrons. The summed E-state index contributed by atoms with van der Waals surface area (Å²) in [6.45, 7) is 19.1. The summed E-state index contributed by atoms with van der Waals surface area (Å²) in [5.74, 6) is 1.27. The van der Waals surface area contributed by atoms with E-state index in [0.717, 1.165) is 0 Å². The molecule has 0 amide bonds. The Kier molecular flexibility index (Phi) is 9.79. The molecule has 0 bridgehead atoms. The molecule has 0 aromatic heterocycles. The topological polar surface area (TPSA) is 0 Å². The number of hydrogen-bond donors (Lipinski definition) is 0. The maximum atomic E-state index is 2.55. The predicted molar refractivity (Wildman–Crippen MR) is 88.7 cm³/mol. The van der Waals surface area contributed by atoms with Crippen LogP contribution in [0.15, 0.2) is 44.8 Å². The molecule has 0 fully saturated rings. The minimum Gasteiger partial charge on any atom is -1.00 e. The van der Waals surface area contributed by atoms with E-state index < -0.39 is 8.07 Å². The standard InChI is InChI=1S/C18H28Si.2ClH.Zr/c1-11-9-13(3)17(15(11)5)19(7,8)18-14(4)10-12(2)16(18)6;;;/h9-10,13-14H,1-8H3;2*1H;/q;;;+2/p-2. The first kappa shape index (κ1) is 24.9. The first-order valence-electron chi connectivity index (χ1n) is 7.48. The van der Waals surface area contributed by atoms with Crippen LogP contribution >= 0.6 is 0 Å². The summed E-state index contributed by atoms with van der Waals surface area (Å²) in [5, 5.41) is 3.52. The fourth-order valence-corrected chi connectivity index (χ4v) is 9.50. The molecule has 0 nitrogen and oxygen atoms in total. The van der Waals surface area contributed by atoms with E-state index in [9.17, 15) is 0 Å². The van der Waals surface area contributed by atoms with E-state index in [-0.39, 0.29) is 51.0 Å². The van der Waals surface area contributed by atoms with Crippen molar-refractivity contribution in [3.8, 4) is 0 Å². The van der Waals surface area contributed by atoms with Crippen molar-refractivity contribution in [3.63, 3.8) is 0 Å². The van der Waals surface area contributed by atoms with Gasteiger partial charge in [-0.2, -0.15) is 0 Å². The zero-order chi connectivity index (χ0) is 14.5. The fourth-order valence-electron chi connectivity index (χ4n) is 4.50. The molecule has 2 unspecified atom stereocenters. The summed E-state index contributed by atoms with van der Waals surface area (Å²) in [4.78, 5) is 0. The molecule has 2 aliphatic rings. The van der Waals surface area contributed by atoms with E-state index in [1.54, 1.807) is 21.5 Å². The van der Waals surface area contributed by atoms with E-state index in [1.165, 1.54) is 11.1 Å². The largest absolute Gasteiger partial charge is 2.00 e. The zero-order valence-electron chi connectivity index (χ0n) is 15.1. The normalized spacial score (nSPS) is 24.4. The summed E-state index contributed by atoms with van der Waals surface area (Å²) in [7, 11) is -1.52. The molecule has 0 saturated carbocycles. The van der Waals surface area contributed by atoms with E-state index in [0.29, 0.717) is 11.8 Å². The average Bonchev–Trinajstić information content (AvgIpc) is 2.66. The third-order valence-electron chi connectivity index (χ3n) is 5.25. The van der Waals surface area contributed by atoms with Crippen LogP contribution in [0.25, 0.3) is 0 Å². The molecule has 0 saturated heterocycles. The maximum absolute atomic E-state index is 2.55. The molecule has 0 N–H and O–H groups in total. The van der Waals surface area contributed by atoms with Crippen LogP contribution < -0.4 is 24.8 Å². The van der Waals surface area contributed by atoms with Gasteiger partial charge in [-0.3, -0.25) is 0 Å². The van der Waals surface area contributed by atoms with Crippen molar-refractivity contribution >= 4 is 8.07 Å². The first-order valence-corrected chi connectivity index (χ1v) is 10.5. The van der Waals surface area contributed by atoms with E-state index in [1.807, 2.05) is 0 Å². The fraction of sp³-hybridized carbons (Fsp3) is 0.556. The van der Waals surface area contributed by atoms with Crippen LogP contribution in [0.4, 0.5) is 0 Å². The Balaban J connectivity index is 0. The van der Waals surface area contributed by atoms with Crippen LogP contribution in [0.1, 0.15) is 41.5 Å². The second kappa shape index (κ2) is 8.65. The van der Waals surface area contributed by atoms with E-state index in [4.69, 9.17) is 0 Å². The van der Waals surface area contributed by atoms with Gasteiger partial charge in [-0.05, 0) is 39.5 Å². The molecule has 0 aliphatic heterocycles. The summed E-state index contributed by atoms with van der Waals surface area (Å²) in [5.41, 5.74) is 6.13. The first-order chi connectivity index (χ1) is 8.67. The Morgan fingerprint density at radius 3 is 1.18 bits per heavy atom. The van der Waals surface area contributed by atoms with Crippen molar-refractivity contribution in [3.05, 3.63) is 44.8 Å². The minimum absolute atomic E-state index is 0. The second-order valence-corrected chi connectivity index (χ2v) is 11.3. The Bertz CT molecular complexity index is 505. The van der Waals surface area contributed by atoms with Crippen LogP contribution in [-0.2, 0) is 26.2 Å². The van der Waals surface area contributed by atoms with Gasteiger partial charge in [0.1, 0.15) is 8.07 Å². The van der Waals surface area contributed by atoms with E-state index >= 15 is 0 Å². The summed E-state index contributed by atoms with van der Waals surface area (Å²) in [6.07, 6.45) is 4.91. The van der Waals surface area contributed by atoms with Crippen LogP contribution in [0.2, 0.25) is 13.1 Å². The van der Waals surface area contributed by atoms with Gasteiger partial charge in [0.15, 0.2) is 0 Å². The third kappa shape index (κ3) is 4.00. The molecule has 0 heterocycles. The SMILES string of the molecule is CC1=CC(C)C([Si](C)(C)C2=C(C)C(C)=CC2C)=C1C.[Cl-].[Cl-].[Zr+2]. The summed E-state index contributed by atoms with van der Waals surface area (Å²) in [6, 6.07) is 0. The molecule has 4 heteroatoms. The molecule has 2 rings (SSSR count). The Hall–Kier alpha value is 0.640. The Morgan fingerprint density at radius 2 is 1.00 bits per heavy atom. The Morgan fingerprint density at radius 1 is 0.727 bits per heavy atom. The molecular formula is C18H28Cl2SiZr. The van der Waals surface area contributed by atoms with Gasteiger partial charge in [-0.15, -0.1) is 0 Å². The van der Waals surface area contributed by atoms with Crippen molar-refractivity contribution in [2.24, 2.45) is 11.8 Å². The van der Waals surface area contributed by atoms with Gasteiger partial charge in [0.25, 0.3) is 0 Å². The van der Waals surface area contributed by atoms with Gasteiger partial charge >= 0.3 is 26.2 Å². The monoisotopic (exact) mass is 432 g/mol. The minimum atomic E-state index is -1.52. The van der Waals surface area contributed by atoms with Gasteiger partial charge in [0, 0.05) is 0 Å². The molecular weight excluding hydrogens is 406 g/mol. The number of allylic oxidation sites excluding steroid dienone is 8. The van der Waals surface area contributed by atoms with Crippen molar-refractivity contribution in [2.45, 2.75) is 54.6 Å². The second-order valence-electron chi connectivity index (χ2n) is 6.98. The number of rotatable bonds is 2. The van der Waals surface area contributed by atoms with Crippen molar-refractivity contribution in [1.82, 2.24) is 0 Å².